The van der Waals surface area contributed by atoms with Crippen molar-refractivity contribution in [2.75, 3.05) is 14.2 Å². The minimum atomic E-state index is -0.938. The summed E-state index contributed by atoms with van der Waals surface area (Å²) in [5, 5.41) is 5.43. The van der Waals surface area contributed by atoms with Crippen LogP contribution >= 0.6 is 0 Å². The first-order valence-corrected chi connectivity index (χ1v) is 10.4. The van der Waals surface area contributed by atoms with Gasteiger partial charge in [0.25, 0.3) is 5.91 Å². The van der Waals surface area contributed by atoms with Gasteiger partial charge in [-0.15, -0.1) is 0 Å². The maximum absolute atomic E-state index is 13.8. The van der Waals surface area contributed by atoms with Crippen molar-refractivity contribution >= 4 is 23.2 Å². The average molecular weight is 431 g/mol. The molecule has 1 saturated carbocycles. The largest absolute Gasteiger partial charge is 0.428 e. The van der Waals surface area contributed by atoms with Crippen LogP contribution in [0.2, 0.25) is 0 Å². The Hall–Kier alpha value is -2.71. The minimum absolute atomic E-state index is 0.335. The van der Waals surface area contributed by atoms with E-state index in [0.29, 0.717) is 37.0 Å². The van der Waals surface area contributed by atoms with Gasteiger partial charge in [-0.25, -0.2) is 9.90 Å². The molecule has 1 amide bonds. The molecular formula is C23H30N2O6. The number of carbonyl (C=O) groups is 2. The van der Waals surface area contributed by atoms with Crippen molar-refractivity contribution in [1.29, 1.82) is 0 Å². The zero-order valence-electron chi connectivity index (χ0n) is 19.0. The minimum Gasteiger partial charge on any atom is -0.428 e. The first-order valence-electron chi connectivity index (χ1n) is 10.4. The molecule has 3 rings (SSSR count). The fourth-order valence-electron chi connectivity index (χ4n) is 4.38. The highest BCUT2D eigenvalue weighted by Crippen LogP contribution is 2.49. The second-order valence-corrected chi connectivity index (χ2v) is 7.94. The molecule has 0 saturated heterocycles. The van der Waals surface area contributed by atoms with Crippen LogP contribution in [0.4, 0.5) is 0 Å². The number of nitrogens with zero attached hydrogens (tertiary/aromatic N) is 2. The van der Waals surface area contributed by atoms with E-state index in [0.717, 1.165) is 22.4 Å². The zero-order chi connectivity index (χ0) is 22.8. The second kappa shape index (κ2) is 9.20. The number of esters is 1. The van der Waals surface area contributed by atoms with E-state index in [9.17, 15) is 9.59 Å². The predicted octanol–water partition coefficient (Wildman–Crippen LogP) is 3.66. The fraction of sp³-hybridized carbons (Fsp3) is 0.522. The Kier molecular flexibility index (Phi) is 6.81. The lowest BCUT2D eigenvalue weighted by Gasteiger charge is -2.41. The molecular weight excluding hydrogens is 400 g/mol. The molecule has 8 nitrogen and oxygen atoms in total. The van der Waals surface area contributed by atoms with Crippen molar-refractivity contribution in [3.63, 3.8) is 0 Å². The van der Waals surface area contributed by atoms with Gasteiger partial charge in [0, 0.05) is 14.0 Å². The first kappa shape index (κ1) is 23.0. The summed E-state index contributed by atoms with van der Waals surface area (Å²) in [6.07, 6.45) is 1.45. The monoisotopic (exact) mass is 430 g/mol. The molecule has 1 heterocycles. The Bertz CT molecular complexity index is 906. The van der Waals surface area contributed by atoms with E-state index in [1.807, 2.05) is 32.0 Å². The number of oxime groups is 1. The lowest BCUT2D eigenvalue weighted by Crippen LogP contribution is -2.52. The second-order valence-electron chi connectivity index (χ2n) is 7.94. The molecule has 1 atom stereocenters. The maximum Gasteiger partial charge on any atom is 0.307 e. The molecule has 1 unspecified atom stereocenters. The van der Waals surface area contributed by atoms with E-state index in [-0.39, 0.29) is 5.91 Å². The standard InChI is InChI=1S/C23H30N2O6/c1-14-8-7-9-15(2)19(14)20-21(30-16(3)26)23(12-10-18(11-13-23)24-29-6)25(22(20)27)31-17(4)28-5/h7-9,17H,10-13H2,1-6H3. The summed E-state index contributed by atoms with van der Waals surface area (Å²) >= 11 is 0. The number of rotatable bonds is 6. The molecule has 0 bridgehead atoms. The third-order valence-corrected chi connectivity index (χ3v) is 5.87. The van der Waals surface area contributed by atoms with E-state index >= 15 is 0 Å². The van der Waals surface area contributed by atoms with Gasteiger partial charge in [-0.2, -0.15) is 0 Å². The predicted molar refractivity (Wildman–Crippen MR) is 115 cm³/mol. The maximum atomic E-state index is 13.8. The van der Waals surface area contributed by atoms with Crippen molar-refractivity contribution in [2.24, 2.45) is 5.16 Å². The van der Waals surface area contributed by atoms with Crippen molar-refractivity contribution < 1.29 is 28.7 Å². The Morgan fingerprint density at radius 3 is 2.29 bits per heavy atom. The number of carbonyl (C=O) groups excluding carboxylic acids is 2. The van der Waals surface area contributed by atoms with Crippen LogP contribution in [0, 0.1) is 13.8 Å². The summed E-state index contributed by atoms with van der Waals surface area (Å²) in [7, 11) is 3.02. The SMILES string of the molecule is CON=C1CCC2(CC1)C(OC(C)=O)=C(c1c(C)cccc1C)C(=O)N2OC(C)OC. The Morgan fingerprint density at radius 1 is 1.16 bits per heavy atom. The summed E-state index contributed by atoms with van der Waals surface area (Å²) in [4.78, 5) is 36.8. The van der Waals surface area contributed by atoms with Crippen LogP contribution < -0.4 is 0 Å². The van der Waals surface area contributed by atoms with Gasteiger partial charge in [0.05, 0.1) is 11.3 Å². The summed E-state index contributed by atoms with van der Waals surface area (Å²) in [5.41, 5.74) is 2.91. The van der Waals surface area contributed by atoms with Gasteiger partial charge in [-0.1, -0.05) is 23.4 Å². The van der Waals surface area contributed by atoms with Crippen LogP contribution in [0.5, 0.6) is 0 Å². The van der Waals surface area contributed by atoms with Crippen molar-refractivity contribution in [2.45, 2.75) is 65.2 Å². The molecule has 0 N–H and O–H groups in total. The molecule has 0 aromatic heterocycles. The first-order chi connectivity index (χ1) is 14.7. The quantitative estimate of drug-likeness (QED) is 0.389. The fourth-order valence-corrected chi connectivity index (χ4v) is 4.38. The van der Waals surface area contributed by atoms with Crippen LogP contribution in [0.25, 0.3) is 5.57 Å². The van der Waals surface area contributed by atoms with Crippen LogP contribution in [-0.2, 0) is 28.7 Å². The molecule has 1 aliphatic carbocycles. The number of hydroxylamine groups is 2. The number of methoxy groups -OCH3 is 1. The van der Waals surface area contributed by atoms with Gasteiger partial charge < -0.3 is 14.3 Å². The van der Waals surface area contributed by atoms with E-state index in [4.69, 9.17) is 19.1 Å². The third kappa shape index (κ3) is 4.22. The molecule has 2 aliphatic rings. The lowest BCUT2D eigenvalue weighted by atomic mass is 9.79. The third-order valence-electron chi connectivity index (χ3n) is 5.87. The number of hydrogen-bond donors (Lipinski definition) is 0. The van der Waals surface area contributed by atoms with E-state index in [1.54, 1.807) is 6.92 Å². The van der Waals surface area contributed by atoms with Gasteiger partial charge >= 0.3 is 5.97 Å². The Labute approximate surface area is 182 Å². The van der Waals surface area contributed by atoms with E-state index < -0.39 is 17.8 Å². The van der Waals surface area contributed by atoms with Crippen LogP contribution in [0.15, 0.2) is 29.1 Å². The highest BCUT2D eigenvalue weighted by molar-refractivity contribution is 6.24. The Morgan fingerprint density at radius 2 is 1.77 bits per heavy atom. The van der Waals surface area contributed by atoms with Gasteiger partial charge in [-0.05, 0) is 63.1 Å². The van der Waals surface area contributed by atoms with Crippen LogP contribution in [-0.4, -0.2) is 48.7 Å². The topological polar surface area (TPSA) is 86.7 Å². The zero-order valence-corrected chi connectivity index (χ0v) is 19.0. The van der Waals surface area contributed by atoms with Gasteiger partial charge in [-0.3, -0.25) is 9.59 Å². The number of benzene rings is 1. The van der Waals surface area contributed by atoms with Gasteiger partial charge in [0.1, 0.15) is 18.4 Å². The number of hydrogen-bond acceptors (Lipinski definition) is 7. The Balaban J connectivity index is 2.21. The lowest BCUT2D eigenvalue weighted by molar-refractivity contribution is -0.283. The smallest absolute Gasteiger partial charge is 0.307 e. The van der Waals surface area contributed by atoms with Crippen molar-refractivity contribution in [3.05, 3.63) is 40.6 Å². The molecule has 1 aromatic carbocycles. The molecule has 1 aromatic rings. The number of aryl methyl sites for hydroxylation is 2. The number of ether oxygens (including phenoxy) is 2. The summed E-state index contributed by atoms with van der Waals surface area (Å²) < 4.78 is 11.1. The van der Waals surface area contributed by atoms with E-state index in [1.165, 1.54) is 26.2 Å². The summed E-state index contributed by atoms with van der Waals surface area (Å²) in [6, 6.07) is 5.81. The normalized spacial score (nSPS) is 22.2. The average Bonchev–Trinajstić information content (AvgIpc) is 2.92. The van der Waals surface area contributed by atoms with Gasteiger partial charge in [0.2, 0.25) is 0 Å². The summed E-state index contributed by atoms with van der Waals surface area (Å²) in [6.45, 7) is 6.93. The molecule has 31 heavy (non-hydrogen) atoms. The van der Waals surface area contributed by atoms with Crippen LogP contribution in [0.3, 0.4) is 0 Å². The molecule has 1 spiro atoms. The summed E-state index contributed by atoms with van der Waals surface area (Å²) in [5.74, 6) is -0.490. The molecule has 1 fully saturated rings. The van der Waals surface area contributed by atoms with Crippen molar-refractivity contribution in [3.8, 4) is 0 Å². The molecule has 0 radical (unpaired) electrons. The van der Waals surface area contributed by atoms with Crippen LogP contribution in [0.1, 0.15) is 56.2 Å². The molecule has 1 aliphatic heterocycles. The highest BCUT2D eigenvalue weighted by Gasteiger charge is 2.57. The molecule has 8 heteroatoms. The van der Waals surface area contributed by atoms with Gasteiger partial charge in [0.15, 0.2) is 6.29 Å². The van der Waals surface area contributed by atoms with Crippen molar-refractivity contribution in [1.82, 2.24) is 5.06 Å². The molecule has 168 valence electrons. The number of amides is 1. The highest BCUT2D eigenvalue weighted by atomic mass is 16.8. The van der Waals surface area contributed by atoms with E-state index in [2.05, 4.69) is 5.16 Å².